The molecule has 0 radical (unpaired) electrons. The van der Waals surface area contributed by atoms with Gasteiger partial charge >= 0.3 is 5.97 Å². The first-order chi connectivity index (χ1) is 12.4. The van der Waals surface area contributed by atoms with Crippen molar-refractivity contribution in [2.75, 3.05) is 0 Å². The maximum atomic E-state index is 12.0. The molecule has 0 saturated heterocycles. The number of benzene rings is 2. The number of nitrogens with zero attached hydrogens (tertiary/aromatic N) is 1. The van der Waals surface area contributed by atoms with E-state index in [0.29, 0.717) is 10.7 Å². The lowest BCUT2D eigenvalue weighted by molar-refractivity contribution is 0.0690. The van der Waals surface area contributed by atoms with Gasteiger partial charge in [-0.15, -0.1) is 0 Å². The van der Waals surface area contributed by atoms with Gasteiger partial charge in [-0.3, -0.25) is 19.0 Å². The SMILES string of the molecule is O=C(O)c1cc(=O)n(-c2ccc3c(S(=O)(=O)O)cccc3c2S(=O)(=O)O)[nH]1. The Morgan fingerprint density at radius 2 is 1.63 bits per heavy atom. The molecule has 3 rings (SSSR count). The van der Waals surface area contributed by atoms with Crippen molar-refractivity contribution in [3.05, 3.63) is 52.4 Å². The minimum Gasteiger partial charge on any atom is -0.477 e. The van der Waals surface area contributed by atoms with E-state index in [1.165, 1.54) is 0 Å². The fourth-order valence-electron chi connectivity index (χ4n) is 2.65. The van der Waals surface area contributed by atoms with Gasteiger partial charge in [-0.2, -0.15) is 16.8 Å². The molecule has 13 heteroatoms. The van der Waals surface area contributed by atoms with Crippen LogP contribution in [0.3, 0.4) is 0 Å². The number of carbonyl (C=O) groups is 1. The molecule has 142 valence electrons. The smallest absolute Gasteiger partial charge is 0.353 e. The normalized spacial score (nSPS) is 12.4. The minimum atomic E-state index is -5.00. The Bertz CT molecular complexity index is 1370. The predicted molar refractivity (Wildman–Crippen MR) is 90.5 cm³/mol. The summed E-state index contributed by atoms with van der Waals surface area (Å²) in [5.41, 5.74) is -1.90. The lowest BCUT2D eigenvalue weighted by atomic mass is 10.1. The second kappa shape index (κ2) is 6.02. The third-order valence-electron chi connectivity index (χ3n) is 3.68. The van der Waals surface area contributed by atoms with Gasteiger partial charge in [0.05, 0.1) is 5.69 Å². The van der Waals surface area contributed by atoms with Crippen LogP contribution < -0.4 is 5.56 Å². The summed E-state index contributed by atoms with van der Waals surface area (Å²) in [5.74, 6) is -1.48. The van der Waals surface area contributed by atoms with Gasteiger partial charge in [0.1, 0.15) is 15.5 Å². The molecule has 0 spiro atoms. The van der Waals surface area contributed by atoms with Crippen molar-refractivity contribution in [1.29, 1.82) is 0 Å². The fraction of sp³-hybridized carbons (Fsp3) is 0. The number of aromatic nitrogens is 2. The van der Waals surface area contributed by atoms with E-state index < -0.39 is 52.9 Å². The molecule has 0 amide bonds. The quantitative estimate of drug-likeness (QED) is 0.442. The largest absolute Gasteiger partial charge is 0.477 e. The predicted octanol–water partition coefficient (Wildman–Crippen LogP) is 0.510. The summed E-state index contributed by atoms with van der Waals surface area (Å²) < 4.78 is 66.5. The number of rotatable bonds is 4. The number of carboxylic acids is 1. The maximum Gasteiger partial charge on any atom is 0.353 e. The van der Waals surface area contributed by atoms with E-state index in [9.17, 15) is 35.5 Å². The summed E-state index contributed by atoms with van der Waals surface area (Å²) in [5, 5.41) is 10.6. The highest BCUT2D eigenvalue weighted by Crippen LogP contribution is 2.32. The highest BCUT2D eigenvalue weighted by molar-refractivity contribution is 7.86. The van der Waals surface area contributed by atoms with Crippen molar-refractivity contribution in [2.24, 2.45) is 0 Å². The zero-order chi connectivity index (χ0) is 20.1. The Balaban J connectivity index is 2.50. The summed E-state index contributed by atoms with van der Waals surface area (Å²) in [6.45, 7) is 0. The third-order valence-corrected chi connectivity index (χ3v) is 5.54. The first-order valence-electron chi connectivity index (χ1n) is 6.97. The van der Waals surface area contributed by atoms with Crippen LogP contribution in [-0.2, 0) is 20.2 Å². The van der Waals surface area contributed by atoms with Crippen molar-refractivity contribution in [3.63, 3.8) is 0 Å². The van der Waals surface area contributed by atoms with Gasteiger partial charge in [-0.25, -0.2) is 9.48 Å². The number of fused-ring (bicyclic) bond motifs is 1. The van der Waals surface area contributed by atoms with Crippen LogP contribution in [0.2, 0.25) is 0 Å². The third kappa shape index (κ3) is 3.23. The van der Waals surface area contributed by atoms with Crippen LogP contribution in [-0.4, -0.2) is 46.8 Å². The number of aromatic amines is 1. The molecule has 3 aromatic rings. The summed E-state index contributed by atoms with van der Waals surface area (Å²) in [4.78, 5) is 21.6. The molecule has 0 saturated carbocycles. The Morgan fingerprint density at radius 1 is 0.963 bits per heavy atom. The molecule has 27 heavy (non-hydrogen) atoms. The molecular formula is C14H10N2O9S2. The van der Waals surface area contributed by atoms with Gasteiger partial charge in [0, 0.05) is 16.8 Å². The van der Waals surface area contributed by atoms with Crippen LogP contribution in [0, 0.1) is 0 Å². The summed E-state index contributed by atoms with van der Waals surface area (Å²) in [7, 11) is -9.72. The number of nitrogens with one attached hydrogen (secondary N) is 1. The van der Waals surface area contributed by atoms with Gasteiger partial charge in [0.15, 0.2) is 0 Å². The van der Waals surface area contributed by atoms with E-state index in [2.05, 4.69) is 5.10 Å². The first kappa shape index (κ1) is 18.8. The van der Waals surface area contributed by atoms with E-state index in [1.54, 1.807) is 0 Å². The molecule has 1 aromatic heterocycles. The maximum absolute atomic E-state index is 12.0. The van der Waals surface area contributed by atoms with Crippen LogP contribution in [0.1, 0.15) is 10.5 Å². The molecule has 11 nitrogen and oxygen atoms in total. The topological polar surface area (TPSA) is 184 Å². The highest BCUT2D eigenvalue weighted by atomic mass is 32.2. The molecular weight excluding hydrogens is 404 g/mol. The molecule has 4 N–H and O–H groups in total. The second-order valence-corrected chi connectivity index (χ2v) is 8.11. The van der Waals surface area contributed by atoms with Crippen LogP contribution in [0.4, 0.5) is 0 Å². The van der Waals surface area contributed by atoms with E-state index in [-0.39, 0.29) is 10.8 Å². The number of H-pyrrole nitrogens is 1. The van der Waals surface area contributed by atoms with Gasteiger partial charge < -0.3 is 5.11 Å². The lowest BCUT2D eigenvalue weighted by Gasteiger charge is -2.12. The molecule has 1 heterocycles. The van der Waals surface area contributed by atoms with E-state index in [1.807, 2.05) is 0 Å². The first-order valence-corrected chi connectivity index (χ1v) is 9.85. The van der Waals surface area contributed by atoms with Crippen molar-refractivity contribution in [1.82, 2.24) is 9.78 Å². The van der Waals surface area contributed by atoms with Crippen LogP contribution in [0.5, 0.6) is 0 Å². The van der Waals surface area contributed by atoms with E-state index in [0.717, 1.165) is 30.3 Å². The lowest BCUT2D eigenvalue weighted by Crippen LogP contribution is -2.17. The average Bonchev–Trinajstić information content (AvgIpc) is 2.93. The zero-order valence-electron chi connectivity index (χ0n) is 13.0. The number of aromatic carboxylic acids is 1. The van der Waals surface area contributed by atoms with Crippen LogP contribution in [0.25, 0.3) is 16.5 Å². The minimum absolute atomic E-state index is 0.227. The molecule has 0 atom stereocenters. The summed E-state index contributed by atoms with van der Waals surface area (Å²) in [6.07, 6.45) is 0. The molecule has 0 aliphatic carbocycles. The van der Waals surface area contributed by atoms with Gasteiger partial charge in [0.2, 0.25) is 0 Å². The Labute approximate surface area is 151 Å². The number of hydrogen-bond acceptors (Lipinski definition) is 6. The average molecular weight is 414 g/mol. The Kier molecular flexibility index (Phi) is 4.19. The Morgan fingerprint density at radius 3 is 2.15 bits per heavy atom. The van der Waals surface area contributed by atoms with Crippen molar-refractivity contribution >= 4 is 37.0 Å². The molecule has 0 aliphatic heterocycles. The summed E-state index contributed by atoms with van der Waals surface area (Å²) in [6, 6.07) is 6.11. The molecule has 2 aromatic carbocycles. The standard InChI is InChI=1S/C14H10N2O9S2/c17-12-6-9(14(18)19)15-16(12)10-5-4-7-8(13(10)27(23,24)25)2-1-3-11(7)26(20,21)22/h1-6,15H,(H,18,19)(H,20,21,22)(H,23,24,25). The van der Waals surface area contributed by atoms with E-state index >= 15 is 0 Å². The van der Waals surface area contributed by atoms with Gasteiger partial charge in [0.25, 0.3) is 25.8 Å². The second-order valence-electron chi connectivity index (χ2n) is 5.36. The molecule has 0 bridgehead atoms. The molecule has 0 aliphatic rings. The highest BCUT2D eigenvalue weighted by Gasteiger charge is 2.25. The fourth-order valence-corrected chi connectivity index (χ4v) is 4.23. The van der Waals surface area contributed by atoms with Crippen LogP contribution >= 0.6 is 0 Å². The summed E-state index contributed by atoms with van der Waals surface area (Å²) >= 11 is 0. The van der Waals surface area contributed by atoms with Crippen molar-refractivity contribution < 1.29 is 35.8 Å². The number of carboxylic acid groups (broad SMARTS) is 1. The Hall–Kier alpha value is -3.00. The monoisotopic (exact) mass is 414 g/mol. The van der Waals surface area contributed by atoms with E-state index in [4.69, 9.17) is 5.11 Å². The number of hydrogen-bond donors (Lipinski definition) is 4. The van der Waals surface area contributed by atoms with Crippen molar-refractivity contribution in [3.8, 4) is 5.69 Å². The van der Waals surface area contributed by atoms with Gasteiger partial charge in [-0.1, -0.05) is 18.2 Å². The zero-order valence-corrected chi connectivity index (χ0v) is 14.7. The van der Waals surface area contributed by atoms with Gasteiger partial charge in [-0.05, 0) is 12.1 Å². The van der Waals surface area contributed by atoms with Crippen molar-refractivity contribution in [2.45, 2.75) is 9.79 Å². The molecule has 0 fully saturated rings. The molecule has 0 unspecified atom stereocenters. The van der Waals surface area contributed by atoms with Crippen LogP contribution in [0.15, 0.2) is 51.0 Å².